The molecule has 1 aromatic carbocycles. The number of nitrogens with zero attached hydrogens (tertiary/aromatic N) is 1. The van der Waals surface area contributed by atoms with Crippen LogP contribution in [-0.4, -0.2) is 55.4 Å². The van der Waals surface area contributed by atoms with E-state index >= 15 is 0 Å². The molecule has 1 heterocycles. The van der Waals surface area contributed by atoms with Gasteiger partial charge in [-0.25, -0.2) is 0 Å². The molecule has 0 aromatic heterocycles. The molecule has 7 nitrogen and oxygen atoms in total. The van der Waals surface area contributed by atoms with Gasteiger partial charge < -0.3 is 14.8 Å². The van der Waals surface area contributed by atoms with Gasteiger partial charge >= 0.3 is 0 Å². The number of carbonyl (C=O) groups is 3. The zero-order valence-electron chi connectivity index (χ0n) is 14.7. The predicted octanol–water partition coefficient (Wildman–Crippen LogP) is 3.19. The Morgan fingerprint density at radius 1 is 1.30 bits per heavy atom. The normalized spacial score (nSPS) is 15.6. The second-order valence-electron chi connectivity index (χ2n) is 5.36. The molecule has 0 saturated carbocycles. The van der Waals surface area contributed by atoms with Crippen molar-refractivity contribution in [1.82, 2.24) is 10.2 Å². The number of imide groups is 1. The molecule has 0 atom stereocenters. The van der Waals surface area contributed by atoms with Crippen LogP contribution in [-0.2, 0) is 14.3 Å². The molecule has 146 valence electrons. The molecule has 0 unspecified atom stereocenters. The Kier molecular flexibility index (Phi) is 7.97. The number of rotatable bonds is 8. The van der Waals surface area contributed by atoms with Crippen molar-refractivity contribution in [2.75, 3.05) is 33.4 Å². The third-order valence-electron chi connectivity index (χ3n) is 3.41. The number of thioether (sulfide) groups is 1. The smallest absolute Gasteiger partial charge is 0.294 e. The number of benzene rings is 1. The fraction of sp³-hybridized carbons (Fsp3) is 0.353. The first-order valence-electron chi connectivity index (χ1n) is 8.00. The van der Waals surface area contributed by atoms with Gasteiger partial charge in [0, 0.05) is 13.7 Å². The van der Waals surface area contributed by atoms with E-state index in [0.29, 0.717) is 41.1 Å². The Morgan fingerprint density at radius 3 is 2.56 bits per heavy atom. The van der Waals surface area contributed by atoms with Crippen LogP contribution in [0.4, 0.5) is 4.79 Å². The predicted molar refractivity (Wildman–Crippen MR) is 105 cm³/mol. The first-order chi connectivity index (χ1) is 12.9. The van der Waals surface area contributed by atoms with Crippen LogP contribution in [0.1, 0.15) is 12.5 Å². The van der Waals surface area contributed by atoms with Gasteiger partial charge in [-0.1, -0.05) is 23.2 Å². The van der Waals surface area contributed by atoms with Crippen molar-refractivity contribution in [2.24, 2.45) is 0 Å². The van der Waals surface area contributed by atoms with Crippen LogP contribution >= 0.6 is 35.0 Å². The highest BCUT2D eigenvalue weighted by Gasteiger charge is 2.36. The molecule has 1 aliphatic heterocycles. The number of carbonyl (C=O) groups excluding carboxylic acids is 3. The Balaban J connectivity index is 2.13. The topological polar surface area (TPSA) is 84.9 Å². The highest BCUT2D eigenvalue weighted by atomic mass is 35.5. The van der Waals surface area contributed by atoms with E-state index in [2.05, 4.69) is 5.32 Å². The van der Waals surface area contributed by atoms with E-state index in [1.807, 2.05) is 6.92 Å². The lowest BCUT2D eigenvalue weighted by Crippen LogP contribution is -2.40. The van der Waals surface area contributed by atoms with Crippen LogP contribution in [0.5, 0.6) is 5.75 Å². The highest BCUT2D eigenvalue weighted by molar-refractivity contribution is 8.18. The van der Waals surface area contributed by atoms with Crippen molar-refractivity contribution < 1.29 is 23.9 Å². The first-order valence-corrected chi connectivity index (χ1v) is 9.57. The summed E-state index contributed by atoms with van der Waals surface area (Å²) >= 11 is 13.1. The molecular formula is C17H18Cl2N2O5S. The molecule has 0 aliphatic carbocycles. The zero-order valence-corrected chi connectivity index (χ0v) is 17.0. The Hall–Kier alpha value is -1.74. The fourth-order valence-electron chi connectivity index (χ4n) is 2.22. The van der Waals surface area contributed by atoms with E-state index in [0.717, 1.165) is 16.7 Å². The number of hydrogen-bond acceptors (Lipinski definition) is 6. The molecule has 1 fully saturated rings. The van der Waals surface area contributed by atoms with Crippen molar-refractivity contribution in [3.8, 4) is 5.75 Å². The second kappa shape index (κ2) is 9.98. The Labute approximate surface area is 171 Å². The monoisotopic (exact) mass is 432 g/mol. The lowest BCUT2D eigenvalue weighted by molar-refractivity contribution is -0.129. The molecule has 0 radical (unpaired) electrons. The summed E-state index contributed by atoms with van der Waals surface area (Å²) in [5.74, 6) is -0.630. The van der Waals surface area contributed by atoms with Crippen molar-refractivity contribution in [3.05, 3.63) is 32.6 Å². The first kappa shape index (κ1) is 21.6. The van der Waals surface area contributed by atoms with Gasteiger partial charge in [0.2, 0.25) is 5.91 Å². The number of halogens is 2. The average Bonchev–Trinajstić information content (AvgIpc) is 2.86. The van der Waals surface area contributed by atoms with Crippen molar-refractivity contribution in [3.63, 3.8) is 0 Å². The van der Waals surface area contributed by atoms with Crippen LogP contribution < -0.4 is 10.1 Å². The Morgan fingerprint density at radius 2 is 1.96 bits per heavy atom. The summed E-state index contributed by atoms with van der Waals surface area (Å²) in [7, 11) is 1.51. The minimum Gasteiger partial charge on any atom is -0.491 e. The quantitative estimate of drug-likeness (QED) is 0.501. The SMILES string of the molecule is CCOc1c(Cl)cc(/C=C2\SC(=O)N(CC(=O)NCCOC)C2=O)cc1Cl. The van der Waals surface area contributed by atoms with Gasteiger partial charge in [-0.05, 0) is 42.5 Å². The van der Waals surface area contributed by atoms with E-state index in [4.69, 9.17) is 32.7 Å². The average molecular weight is 433 g/mol. The summed E-state index contributed by atoms with van der Waals surface area (Å²) in [5.41, 5.74) is 0.545. The third-order valence-corrected chi connectivity index (χ3v) is 4.88. The van der Waals surface area contributed by atoms with Gasteiger partial charge in [-0.15, -0.1) is 0 Å². The summed E-state index contributed by atoms with van der Waals surface area (Å²) in [6, 6.07) is 3.17. The second-order valence-corrected chi connectivity index (χ2v) is 7.16. The van der Waals surface area contributed by atoms with Crippen LogP contribution in [0.3, 0.4) is 0 Å². The maximum absolute atomic E-state index is 12.4. The van der Waals surface area contributed by atoms with Crippen LogP contribution in [0.25, 0.3) is 6.08 Å². The molecule has 2 rings (SSSR count). The molecule has 1 N–H and O–H groups in total. The lowest BCUT2D eigenvalue weighted by atomic mass is 10.2. The van der Waals surface area contributed by atoms with Gasteiger partial charge in [-0.2, -0.15) is 0 Å². The van der Waals surface area contributed by atoms with E-state index in [-0.39, 0.29) is 11.4 Å². The standard InChI is InChI=1S/C17H18Cl2N2O5S/c1-3-26-15-11(18)6-10(7-12(15)19)8-13-16(23)21(17(24)27-13)9-14(22)20-4-5-25-2/h6-8H,3-5,9H2,1-2H3,(H,20,22)/b13-8-. The van der Waals surface area contributed by atoms with Crippen LogP contribution in [0.2, 0.25) is 10.0 Å². The third kappa shape index (κ3) is 5.62. The van der Waals surface area contributed by atoms with Crippen molar-refractivity contribution in [1.29, 1.82) is 0 Å². The van der Waals surface area contributed by atoms with E-state index < -0.39 is 17.1 Å². The number of methoxy groups -OCH3 is 1. The molecule has 27 heavy (non-hydrogen) atoms. The minimum atomic E-state index is -0.548. The molecule has 3 amide bonds. The zero-order chi connectivity index (χ0) is 20.0. The highest BCUT2D eigenvalue weighted by Crippen LogP contribution is 2.37. The van der Waals surface area contributed by atoms with E-state index in [9.17, 15) is 14.4 Å². The van der Waals surface area contributed by atoms with Crippen LogP contribution in [0.15, 0.2) is 17.0 Å². The lowest BCUT2D eigenvalue weighted by Gasteiger charge is -2.12. The van der Waals surface area contributed by atoms with E-state index in [1.165, 1.54) is 13.2 Å². The molecule has 1 aliphatic rings. The summed E-state index contributed by atoms with van der Waals surface area (Å²) in [5, 5.41) is 2.64. The molecule has 0 bridgehead atoms. The maximum Gasteiger partial charge on any atom is 0.294 e. The summed E-state index contributed by atoms with van der Waals surface area (Å²) in [4.78, 5) is 37.4. The van der Waals surface area contributed by atoms with Crippen molar-refractivity contribution >= 4 is 58.1 Å². The number of ether oxygens (including phenoxy) is 2. The molecule has 0 spiro atoms. The van der Waals surface area contributed by atoms with E-state index in [1.54, 1.807) is 12.1 Å². The summed E-state index contributed by atoms with van der Waals surface area (Å²) in [6.45, 7) is 2.50. The Bertz CT molecular complexity index is 762. The minimum absolute atomic E-state index is 0.181. The fourth-order valence-corrected chi connectivity index (χ4v) is 3.68. The summed E-state index contributed by atoms with van der Waals surface area (Å²) < 4.78 is 10.2. The van der Waals surface area contributed by atoms with Gasteiger partial charge in [0.15, 0.2) is 5.75 Å². The molecular weight excluding hydrogens is 415 g/mol. The van der Waals surface area contributed by atoms with Gasteiger partial charge in [0.1, 0.15) is 6.54 Å². The van der Waals surface area contributed by atoms with Gasteiger partial charge in [-0.3, -0.25) is 19.3 Å². The molecule has 1 aromatic rings. The van der Waals surface area contributed by atoms with Crippen molar-refractivity contribution in [2.45, 2.75) is 6.92 Å². The molecule has 1 saturated heterocycles. The number of hydrogen-bond donors (Lipinski definition) is 1. The largest absolute Gasteiger partial charge is 0.491 e. The maximum atomic E-state index is 12.4. The van der Waals surface area contributed by atoms with Gasteiger partial charge in [0.25, 0.3) is 11.1 Å². The van der Waals surface area contributed by atoms with Crippen LogP contribution in [0, 0.1) is 0 Å². The number of nitrogens with one attached hydrogen (secondary N) is 1. The summed E-state index contributed by atoms with van der Waals surface area (Å²) in [6.07, 6.45) is 1.50. The van der Waals surface area contributed by atoms with Gasteiger partial charge in [0.05, 0.1) is 28.2 Å². The molecule has 10 heteroatoms. The number of amides is 3.